The lowest BCUT2D eigenvalue weighted by Crippen LogP contribution is -2.48. The first-order valence-electron chi connectivity index (χ1n) is 5.94. The Morgan fingerprint density at radius 1 is 1.19 bits per heavy atom. The lowest BCUT2D eigenvalue weighted by molar-refractivity contribution is 0.137. The predicted octanol–water partition coefficient (Wildman–Crippen LogP) is 0.317. The second kappa shape index (κ2) is 7.95. The molecule has 0 saturated carbocycles. The Morgan fingerprint density at radius 2 is 1.81 bits per heavy atom. The first kappa shape index (κ1) is 13.8. The van der Waals surface area contributed by atoms with Crippen LogP contribution in [0.15, 0.2) is 0 Å². The molecule has 1 saturated heterocycles. The minimum atomic E-state index is 0.605. The van der Waals surface area contributed by atoms with Crippen molar-refractivity contribution in [2.24, 2.45) is 5.73 Å². The molecule has 0 atom stereocenters. The molecule has 1 aliphatic rings. The molecule has 94 valence electrons. The summed E-state index contributed by atoms with van der Waals surface area (Å²) in [6.07, 6.45) is 2.38. The van der Waals surface area contributed by atoms with Crippen molar-refractivity contribution in [2.75, 3.05) is 53.0 Å². The van der Waals surface area contributed by atoms with E-state index >= 15 is 0 Å². The van der Waals surface area contributed by atoms with Crippen LogP contribution in [-0.2, 0) is 4.74 Å². The number of nitrogens with two attached hydrogens (primary N) is 1. The molecule has 0 spiro atoms. The molecule has 0 radical (unpaired) electrons. The summed E-state index contributed by atoms with van der Waals surface area (Å²) in [5.41, 5.74) is 5.53. The van der Waals surface area contributed by atoms with Gasteiger partial charge in [0.1, 0.15) is 0 Å². The van der Waals surface area contributed by atoms with E-state index in [4.69, 9.17) is 22.7 Å². The summed E-state index contributed by atoms with van der Waals surface area (Å²) in [6.45, 7) is 7.27. The van der Waals surface area contributed by atoms with Crippen molar-refractivity contribution in [1.29, 1.82) is 0 Å². The average molecular weight is 245 g/mol. The molecule has 0 aromatic rings. The molecule has 1 aliphatic heterocycles. The molecular formula is C11H23N3OS. The molecule has 16 heavy (non-hydrogen) atoms. The van der Waals surface area contributed by atoms with Crippen molar-refractivity contribution in [1.82, 2.24) is 9.80 Å². The predicted molar refractivity (Wildman–Crippen MR) is 70.8 cm³/mol. The lowest BCUT2D eigenvalue weighted by atomic mass is 10.2. The number of hydrogen-bond acceptors (Lipinski definition) is 4. The molecule has 0 amide bonds. The van der Waals surface area contributed by atoms with Crippen LogP contribution in [-0.4, -0.2) is 67.8 Å². The topological polar surface area (TPSA) is 41.7 Å². The van der Waals surface area contributed by atoms with Gasteiger partial charge in [0.05, 0.1) is 4.99 Å². The summed E-state index contributed by atoms with van der Waals surface area (Å²) in [4.78, 5) is 5.44. The second-order valence-corrected chi connectivity index (χ2v) is 4.81. The third-order valence-electron chi connectivity index (χ3n) is 2.92. The van der Waals surface area contributed by atoms with E-state index < -0.39 is 0 Å². The van der Waals surface area contributed by atoms with E-state index in [0.29, 0.717) is 4.99 Å². The van der Waals surface area contributed by atoms with Gasteiger partial charge in [-0.15, -0.1) is 0 Å². The van der Waals surface area contributed by atoms with Crippen molar-refractivity contribution < 1.29 is 4.74 Å². The Morgan fingerprint density at radius 3 is 2.38 bits per heavy atom. The van der Waals surface area contributed by atoms with E-state index in [1.165, 1.54) is 13.0 Å². The highest BCUT2D eigenvalue weighted by molar-refractivity contribution is 7.80. The van der Waals surface area contributed by atoms with Gasteiger partial charge in [0.25, 0.3) is 0 Å². The van der Waals surface area contributed by atoms with Gasteiger partial charge < -0.3 is 15.4 Å². The van der Waals surface area contributed by atoms with Crippen molar-refractivity contribution in [2.45, 2.75) is 12.8 Å². The molecule has 5 heteroatoms. The third kappa shape index (κ3) is 5.75. The minimum Gasteiger partial charge on any atom is -0.392 e. The van der Waals surface area contributed by atoms with Gasteiger partial charge in [0.15, 0.2) is 0 Å². The molecule has 4 nitrogen and oxygen atoms in total. The second-order valence-electron chi connectivity index (χ2n) is 4.28. The highest BCUT2D eigenvalue weighted by Crippen LogP contribution is 2.03. The number of ether oxygens (including phenoxy) is 1. The van der Waals surface area contributed by atoms with Crippen LogP contribution in [0.4, 0.5) is 0 Å². The van der Waals surface area contributed by atoms with Crippen LogP contribution in [0.2, 0.25) is 0 Å². The van der Waals surface area contributed by atoms with Crippen molar-refractivity contribution in [3.05, 3.63) is 0 Å². The Labute approximate surface area is 104 Å². The molecular weight excluding hydrogens is 222 g/mol. The Balaban J connectivity index is 2.05. The highest BCUT2D eigenvalue weighted by atomic mass is 32.1. The maximum atomic E-state index is 5.53. The zero-order chi connectivity index (χ0) is 11.8. The molecule has 0 aromatic carbocycles. The summed E-state index contributed by atoms with van der Waals surface area (Å²) >= 11 is 4.91. The number of piperazine rings is 1. The maximum absolute atomic E-state index is 5.53. The number of methoxy groups -OCH3 is 1. The Kier molecular flexibility index (Phi) is 6.87. The SMILES string of the molecule is COCCCCN1CCN(CC(N)=S)CC1. The maximum Gasteiger partial charge on any atom is 0.0870 e. The van der Waals surface area contributed by atoms with E-state index in [0.717, 1.165) is 45.8 Å². The molecule has 0 aromatic heterocycles. The summed E-state index contributed by atoms with van der Waals surface area (Å²) in [5.74, 6) is 0. The first-order valence-corrected chi connectivity index (χ1v) is 6.35. The van der Waals surface area contributed by atoms with Crippen molar-refractivity contribution >= 4 is 17.2 Å². The van der Waals surface area contributed by atoms with Gasteiger partial charge in [-0.2, -0.15) is 0 Å². The monoisotopic (exact) mass is 245 g/mol. The largest absolute Gasteiger partial charge is 0.392 e. The van der Waals surface area contributed by atoms with E-state index in [-0.39, 0.29) is 0 Å². The zero-order valence-corrected chi connectivity index (χ0v) is 11.0. The molecule has 2 N–H and O–H groups in total. The number of thiocarbonyl (C=S) groups is 1. The highest BCUT2D eigenvalue weighted by Gasteiger charge is 2.16. The van der Waals surface area contributed by atoms with Crippen LogP contribution in [0.1, 0.15) is 12.8 Å². The van der Waals surface area contributed by atoms with Gasteiger partial charge >= 0.3 is 0 Å². The summed E-state index contributed by atoms with van der Waals surface area (Å²) in [7, 11) is 1.76. The average Bonchev–Trinajstić information content (AvgIpc) is 2.26. The molecule has 1 heterocycles. The first-order chi connectivity index (χ1) is 7.72. The fraction of sp³-hybridized carbons (Fsp3) is 0.909. The van der Waals surface area contributed by atoms with E-state index in [1.807, 2.05) is 0 Å². The van der Waals surface area contributed by atoms with E-state index in [2.05, 4.69) is 9.80 Å². The van der Waals surface area contributed by atoms with E-state index in [9.17, 15) is 0 Å². The van der Waals surface area contributed by atoms with Crippen LogP contribution >= 0.6 is 12.2 Å². The molecule has 0 unspecified atom stereocenters. The Bertz CT molecular complexity index is 205. The van der Waals surface area contributed by atoms with Crippen molar-refractivity contribution in [3.8, 4) is 0 Å². The fourth-order valence-corrected chi connectivity index (χ4v) is 2.16. The molecule has 1 rings (SSSR count). The van der Waals surface area contributed by atoms with Gasteiger partial charge in [-0.3, -0.25) is 4.90 Å². The number of unbranched alkanes of at least 4 members (excludes halogenated alkanes) is 1. The molecule has 1 fully saturated rings. The van der Waals surface area contributed by atoms with E-state index in [1.54, 1.807) is 7.11 Å². The van der Waals surface area contributed by atoms with Gasteiger partial charge in [0, 0.05) is 46.4 Å². The number of nitrogens with zero attached hydrogens (tertiary/aromatic N) is 2. The smallest absolute Gasteiger partial charge is 0.0870 e. The zero-order valence-electron chi connectivity index (χ0n) is 10.2. The van der Waals surface area contributed by atoms with Crippen LogP contribution in [0, 0.1) is 0 Å². The minimum absolute atomic E-state index is 0.605. The van der Waals surface area contributed by atoms with Crippen LogP contribution in [0.25, 0.3) is 0 Å². The number of rotatable bonds is 7. The molecule has 0 aliphatic carbocycles. The summed E-state index contributed by atoms with van der Waals surface area (Å²) in [5, 5.41) is 0. The fourth-order valence-electron chi connectivity index (χ4n) is 1.97. The van der Waals surface area contributed by atoms with Crippen LogP contribution in [0.5, 0.6) is 0 Å². The van der Waals surface area contributed by atoms with Gasteiger partial charge in [0.2, 0.25) is 0 Å². The molecule has 0 bridgehead atoms. The summed E-state index contributed by atoms with van der Waals surface area (Å²) in [6, 6.07) is 0. The third-order valence-corrected chi connectivity index (χ3v) is 3.05. The Hall–Kier alpha value is -0.230. The standard InChI is InChI=1S/C11H23N3OS/c1-15-9-3-2-4-13-5-7-14(8-6-13)10-11(12)16/h2-10H2,1H3,(H2,12,16). The van der Waals surface area contributed by atoms with Crippen LogP contribution < -0.4 is 5.73 Å². The quantitative estimate of drug-likeness (QED) is 0.517. The van der Waals surface area contributed by atoms with Gasteiger partial charge in [-0.1, -0.05) is 12.2 Å². The summed E-state index contributed by atoms with van der Waals surface area (Å²) < 4.78 is 5.04. The lowest BCUT2D eigenvalue weighted by Gasteiger charge is -2.34. The normalized spacial score (nSPS) is 18.8. The van der Waals surface area contributed by atoms with Crippen LogP contribution in [0.3, 0.4) is 0 Å². The van der Waals surface area contributed by atoms with Gasteiger partial charge in [-0.25, -0.2) is 0 Å². The van der Waals surface area contributed by atoms with Crippen molar-refractivity contribution in [3.63, 3.8) is 0 Å². The number of hydrogen-bond donors (Lipinski definition) is 1. The van der Waals surface area contributed by atoms with Gasteiger partial charge in [-0.05, 0) is 19.4 Å².